The summed E-state index contributed by atoms with van der Waals surface area (Å²) in [5.74, 6) is -0.244. The smallest absolute Gasteiger partial charge is 0.324 e. The highest BCUT2D eigenvalue weighted by atomic mass is 32.1. The second-order valence-electron chi connectivity index (χ2n) is 7.39. The number of hydrogen-bond donors (Lipinski definition) is 2. The molecule has 27 heavy (non-hydrogen) atoms. The van der Waals surface area contributed by atoms with Gasteiger partial charge in [0.05, 0.1) is 6.20 Å². The Morgan fingerprint density at radius 3 is 2.26 bits per heavy atom. The third-order valence-corrected chi connectivity index (χ3v) is 6.40. The number of nitrogens with one attached hydrogen (secondary N) is 2. The van der Waals surface area contributed by atoms with Crippen molar-refractivity contribution in [1.29, 1.82) is 0 Å². The average molecular weight is 395 g/mol. The number of nitrogens with zero attached hydrogens (tertiary/aromatic N) is 2. The van der Waals surface area contributed by atoms with Crippen molar-refractivity contribution in [2.75, 3.05) is 19.2 Å². The summed E-state index contributed by atoms with van der Waals surface area (Å²) in [4.78, 5) is 31.9. The molecular weight excluding hydrogens is 364 g/mol. The van der Waals surface area contributed by atoms with E-state index >= 15 is 0 Å². The zero-order chi connectivity index (χ0) is 19.1. The standard InChI is InChI=1S/C19H30N4O3S/c1-26-13-21-17(24)16-12-20-18(27-16)22-19(25)23(14-8-4-2-5-9-14)15-10-6-3-7-11-15/h12,14-15H,2-11,13H2,1H3,(H,21,24)(H,20,22,25). The van der Waals surface area contributed by atoms with Gasteiger partial charge in [0.25, 0.3) is 5.91 Å². The van der Waals surface area contributed by atoms with Crippen molar-refractivity contribution in [1.82, 2.24) is 15.2 Å². The van der Waals surface area contributed by atoms with Crippen LogP contribution < -0.4 is 10.6 Å². The molecule has 1 heterocycles. The highest BCUT2D eigenvalue weighted by Gasteiger charge is 2.32. The van der Waals surface area contributed by atoms with Crippen molar-refractivity contribution in [2.24, 2.45) is 0 Å². The molecule has 0 unspecified atom stereocenters. The fourth-order valence-corrected chi connectivity index (χ4v) is 4.89. The Kier molecular flexibility index (Phi) is 7.46. The Balaban J connectivity index is 1.66. The number of amides is 3. The molecule has 0 spiro atoms. The maximum atomic E-state index is 13.1. The minimum Gasteiger partial charge on any atom is -0.364 e. The van der Waals surface area contributed by atoms with Gasteiger partial charge < -0.3 is 15.0 Å². The summed E-state index contributed by atoms with van der Waals surface area (Å²) in [5, 5.41) is 6.05. The Morgan fingerprint density at radius 1 is 1.11 bits per heavy atom. The lowest BCUT2D eigenvalue weighted by atomic mass is 9.89. The van der Waals surface area contributed by atoms with Gasteiger partial charge in [-0.25, -0.2) is 9.78 Å². The summed E-state index contributed by atoms with van der Waals surface area (Å²) in [5.41, 5.74) is 0. The van der Waals surface area contributed by atoms with Crippen LogP contribution in [0, 0.1) is 0 Å². The minimum absolute atomic E-state index is 0.0630. The second-order valence-corrected chi connectivity index (χ2v) is 8.42. The van der Waals surface area contributed by atoms with E-state index < -0.39 is 0 Å². The molecule has 3 rings (SSSR count). The number of thiazole rings is 1. The van der Waals surface area contributed by atoms with Gasteiger partial charge >= 0.3 is 6.03 Å². The van der Waals surface area contributed by atoms with Crippen molar-refractivity contribution in [3.05, 3.63) is 11.1 Å². The molecule has 150 valence electrons. The number of methoxy groups -OCH3 is 1. The van der Waals surface area contributed by atoms with Crippen molar-refractivity contribution in [3.8, 4) is 0 Å². The van der Waals surface area contributed by atoms with Crippen LogP contribution in [-0.4, -0.2) is 47.7 Å². The largest absolute Gasteiger partial charge is 0.364 e. The summed E-state index contributed by atoms with van der Waals surface area (Å²) in [6, 6.07) is 0.588. The predicted molar refractivity (Wildman–Crippen MR) is 106 cm³/mol. The number of urea groups is 1. The fraction of sp³-hybridized carbons (Fsp3) is 0.737. The van der Waals surface area contributed by atoms with Crippen LogP contribution in [0.4, 0.5) is 9.93 Å². The lowest BCUT2D eigenvalue weighted by molar-refractivity contribution is 0.0876. The van der Waals surface area contributed by atoms with Gasteiger partial charge in [0.15, 0.2) is 5.13 Å². The first kappa shape index (κ1) is 20.1. The molecule has 7 nitrogen and oxygen atoms in total. The number of carbonyl (C=O) groups is 2. The summed E-state index contributed by atoms with van der Waals surface area (Å²) >= 11 is 1.19. The highest BCUT2D eigenvalue weighted by Crippen LogP contribution is 2.31. The molecule has 0 saturated heterocycles. The molecule has 1 aromatic rings. The van der Waals surface area contributed by atoms with E-state index in [9.17, 15) is 9.59 Å². The Labute approximate surface area is 164 Å². The van der Waals surface area contributed by atoms with E-state index in [1.807, 2.05) is 0 Å². The number of aromatic nitrogens is 1. The van der Waals surface area contributed by atoms with Crippen LogP contribution in [0.15, 0.2) is 6.20 Å². The maximum Gasteiger partial charge on any atom is 0.324 e. The quantitative estimate of drug-likeness (QED) is 0.715. The van der Waals surface area contributed by atoms with Gasteiger partial charge in [0.2, 0.25) is 0 Å². The van der Waals surface area contributed by atoms with E-state index in [-0.39, 0.29) is 18.7 Å². The molecule has 8 heteroatoms. The molecule has 0 aliphatic heterocycles. The summed E-state index contributed by atoms with van der Waals surface area (Å²) in [7, 11) is 1.52. The van der Waals surface area contributed by atoms with E-state index in [4.69, 9.17) is 4.74 Å². The predicted octanol–water partition coefficient (Wildman–Crippen LogP) is 3.98. The summed E-state index contributed by atoms with van der Waals surface area (Å²) in [6.07, 6.45) is 13.2. The Morgan fingerprint density at radius 2 is 1.70 bits per heavy atom. The second kappa shape index (κ2) is 10.0. The van der Waals surface area contributed by atoms with Crippen molar-refractivity contribution >= 4 is 28.4 Å². The van der Waals surface area contributed by atoms with Crippen molar-refractivity contribution < 1.29 is 14.3 Å². The number of hydrogen-bond acceptors (Lipinski definition) is 5. The molecule has 2 aliphatic rings. The van der Waals surface area contributed by atoms with Crippen LogP contribution in [0.5, 0.6) is 0 Å². The zero-order valence-electron chi connectivity index (χ0n) is 16.0. The van der Waals surface area contributed by atoms with Gasteiger partial charge in [0, 0.05) is 19.2 Å². The van der Waals surface area contributed by atoms with E-state index in [2.05, 4.69) is 20.5 Å². The number of carbonyl (C=O) groups excluding carboxylic acids is 2. The van der Waals surface area contributed by atoms with Gasteiger partial charge in [0.1, 0.15) is 11.6 Å². The topological polar surface area (TPSA) is 83.6 Å². The van der Waals surface area contributed by atoms with Crippen LogP contribution in [0.1, 0.15) is 73.9 Å². The van der Waals surface area contributed by atoms with E-state index in [0.717, 1.165) is 25.7 Å². The van der Waals surface area contributed by atoms with Crippen LogP contribution >= 0.6 is 11.3 Å². The van der Waals surface area contributed by atoms with Crippen LogP contribution in [-0.2, 0) is 4.74 Å². The molecule has 2 saturated carbocycles. The Bertz CT molecular complexity index is 606. The summed E-state index contributed by atoms with van der Waals surface area (Å²) < 4.78 is 4.85. The van der Waals surface area contributed by atoms with Gasteiger partial charge in [-0.2, -0.15) is 0 Å². The molecule has 1 aromatic heterocycles. The average Bonchev–Trinajstić information content (AvgIpc) is 3.16. The third-order valence-electron chi connectivity index (χ3n) is 5.49. The molecule has 3 amide bonds. The van der Waals surface area contributed by atoms with Gasteiger partial charge in [-0.15, -0.1) is 0 Å². The maximum absolute atomic E-state index is 13.1. The third kappa shape index (κ3) is 5.42. The van der Waals surface area contributed by atoms with Crippen LogP contribution in [0.2, 0.25) is 0 Å². The lowest BCUT2D eigenvalue weighted by Crippen LogP contribution is -2.50. The first-order chi connectivity index (χ1) is 13.2. The van der Waals surface area contributed by atoms with Crippen LogP contribution in [0.3, 0.4) is 0 Å². The normalized spacial score (nSPS) is 18.9. The first-order valence-corrected chi connectivity index (χ1v) is 10.8. The SMILES string of the molecule is COCNC(=O)c1cnc(NC(=O)N(C2CCCCC2)C2CCCCC2)s1. The minimum atomic E-state index is -0.244. The van der Waals surface area contributed by atoms with Gasteiger partial charge in [-0.05, 0) is 25.7 Å². The lowest BCUT2D eigenvalue weighted by Gasteiger charge is -2.41. The monoisotopic (exact) mass is 394 g/mol. The number of anilines is 1. The molecule has 2 aliphatic carbocycles. The zero-order valence-corrected chi connectivity index (χ0v) is 16.9. The molecule has 0 aromatic carbocycles. The van der Waals surface area contributed by atoms with Crippen LogP contribution in [0.25, 0.3) is 0 Å². The molecule has 0 bridgehead atoms. The number of rotatable bonds is 6. The summed E-state index contributed by atoms with van der Waals surface area (Å²) in [6.45, 7) is 0.148. The fourth-order valence-electron chi connectivity index (χ4n) is 4.17. The van der Waals surface area contributed by atoms with E-state index in [1.165, 1.54) is 63.2 Å². The van der Waals surface area contributed by atoms with Gasteiger partial charge in [-0.1, -0.05) is 49.9 Å². The molecule has 2 N–H and O–H groups in total. The highest BCUT2D eigenvalue weighted by molar-refractivity contribution is 7.17. The molecule has 0 atom stereocenters. The van der Waals surface area contributed by atoms with Crippen molar-refractivity contribution in [3.63, 3.8) is 0 Å². The van der Waals surface area contributed by atoms with E-state index in [0.29, 0.717) is 22.1 Å². The Hall–Kier alpha value is -1.67. The molecule has 0 radical (unpaired) electrons. The molecule has 2 fully saturated rings. The first-order valence-electron chi connectivity index (χ1n) is 10.0. The van der Waals surface area contributed by atoms with Gasteiger partial charge in [-0.3, -0.25) is 10.1 Å². The van der Waals surface area contributed by atoms with E-state index in [1.54, 1.807) is 0 Å². The number of ether oxygens (including phenoxy) is 1. The van der Waals surface area contributed by atoms with Crippen molar-refractivity contribution in [2.45, 2.75) is 76.3 Å². The molecular formula is C19H30N4O3S.